The van der Waals surface area contributed by atoms with Gasteiger partial charge in [-0.25, -0.2) is 4.79 Å². The SMILES string of the molecule is O=C(CCN1C(=O)C(=Cc2ccc(OCCN3CCOCC3)c(-c3cc(Cl)ccc3Cl)c2)SC1=S)Nc1cccc(C(=O)O)c1. The molecule has 2 N–H and O–H groups in total. The molecule has 13 heteroatoms. The monoisotopic (exact) mass is 685 g/mol. The van der Waals surface area contributed by atoms with E-state index in [9.17, 15) is 14.4 Å². The third-order valence-electron chi connectivity index (χ3n) is 7.12. The molecule has 0 aromatic heterocycles. The standard InChI is InChI=1S/C32H29Cl2N3O6S2/c33-22-5-6-26(34)24(19-22)25-16-20(4-7-27(25)43-15-12-36-10-13-42-14-11-36)17-28-30(39)37(32(44)45-28)9-8-29(38)35-23-3-1-2-21(18-23)31(40)41/h1-7,16-19H,8-15H2,(H,35,38)(H,40,41). The Bertz CT molecular complexity index is 1660. The molecular formula is C32H29Cl2N3O6S2. The Morgan fingerprint density at radius 2 is 1.84 bits per heavy atom. The summed E-state index contributed by atoms with van der Waals surface area (Å²) in [7, 11) is 0. The summed E-state index contributed by atoms with van der Waals surface area (Å²) in [6.45, 7) is 4.44. The maximum absolute atomic E-state index is 13.3. The quantitative estimate of drug-likeness (QED) is 0.178. The molecule has 2 amide bonds. The van der Waals surface area contributed by atoms with Crippen LogP contribution < -0.4 is 10.1 Å². The number of halogens is 2. The Kier molecular flexibility index (Phi) is 11.1. The van der Waals surface area contributed by atoms with Gasteiger partial charge < -0.3 is 19.9 Å². The molecule has 5 rings (SSSR count). The average Bonchev–Trinajstić information content (AvgIpc) is 3.29. The minimum atomic E-state index is -1.09. The summed E-state index contributed by atoms with van der Waals surface area (Å²) in [5, 5.41) is 12.9. The molecule has 0 bridgehead atoms. The topological polar surface area (TPSA) is 108 Å². The number of morpholine rings is 1. The number of nitrogens with one attached hydrogen (secondary N) is 1. The summed E-state index contributed by atoms with van der Waals surface area (Å²) in [6.07, 6.45) is 1.72. The van der Waals surface area contributed by atoms with Crippen molar-refractivity contribution in [3.63, 3.8) is 0 Å². The minimum Gasteiger partial charge on any atom is -0.492 e. The minimum absolute atomic E-state index is 0.0229. The van der Waals surface area contributed by atoms with E-state index in [2.05, 4.69) is 10.2 Å². The summed E-state index contributed by atoms with van der Waals surface area (Å²) < 4.78 is 12.0. The van der Waals surface area contributed by atoms with Crippen molar-refractivity contribution in [2.45, 2.75) is 6.42 Å². The number of rotatable bonds is 11. The van der Waals surface area contributed by atoms with Gasteiger partial charge in [0.2, 0.25) is 5.91 Å². The number of hydrogen-bond acceptors (Lipinski definition) is 8. The highest BCUT2D eigenvalue weighted by molar-refractivity contribution is 8.26. The average molecular weight is 687 g/mol. The molecule has 2 saturated heterocycles. The van der Waals surface area contributed by atoms with Crippen LogP contribution in [0.1, 0.15) is 22.3 Å². The van der Waals surface area contributed by atoms with E-state index in [4.69, 9.17) is 50.0 Å². The number of carboxylic acid groups (broad SMARTS) is 1. The zero-order valence-electron chi connectivity index (χ0n) is 24.0. The van der Waals surface area contributed by atoms with Crippen molar-refractivity contribution in [2.24, 2.45) is 0 Å². The van der Waals surface area contributed by atoms with E-state index in [1.54, 1.807) is 36.4 Å². The van der Waals surface area contributed by atoms with Gasteiger partial charge >= 0.3 is 5.97 Å². The van der Waals surface area contributed by atoms with Gasteiger partial charge in [-0.15, -0.1) is 0 Å². The van der Waals surface area contributed by atoms with Crippen molar-refractivity contribution in [3.05, 3.63) is 86.7 Å². The van der Waals surface area contributed by atoms with Crippen LogP contribution in [0.25, 0.3) is 17.2 Å². The number of amides is 2. The second-order valence-corrected chi connectivity index (χ2v) is 12.7. The van der Waals surface area contributed by atoms with E-state index in [1.165, 1.54) is 17.0 Å². The molecule has 2 aliphatic rings. The molecule has 9 nitrogen and oxygen atoms in total. The Balaban J connectivity index is 1.29. The van der Waals surface area contributed by atoms with Gasteiger partial charge in [0.25, 0.3) is 5.91 Å². The van der Waals surface area contributed by atoms with Crippen molar-refractivity contribution in [1.82, 2.24) is 9.80 Å². The van der Waals surface area contributed by atoms with Gasteiger partial charge in [0.05, 0.1) is 23.7 Å². The fraction of sp³-hybridized carbons (Fsp3) is 0.250. The van der Waals surface area contributed by atoms with Crippen molar-refractivity contribution >= 4 is 81.0 Å². The van der Waals surface area contributed by atoms with Gasteiger partial charge in [0, 0.05) is 59.5 Å². The normalized spacial score (nSPS) is 16.3. The van der Waals surface area contributed by atoms with Crippen LogP contribution in [0.15, 0.2) is 65.6 Å². The van der Waals surface area contributed by atoms with E-state index < -0.39 is 5.97 Å². The van der Waals surface area contributed by atoms with E-state index in [-0.39, 0.29) is 30.3 Å². The first-order valence-electron chi connectivity index (χ1n) is 14.1. The molecule has 3 aromatic rings. The lowest BCUT2D eigenvalue weighted by Gasteiger charge is -2.26. The number of carboxylic acids is 1. The molecule has 2 aliphatic heterocycles. The largest absolute Gasteiger partial charge is 0.492 e. The zero-order chi connectivity index (χ0) is 31.9. The van der Waals surface area contributed by atoms with E-state index in [0.717, 1.165) is 42.5 Å². The first-order valence-corrected chi connectivity index (χ1v) is 16.1. The number of aromatic carboxylic acids is 1. The molecule has 0 radical (unpaired) electrons. The molecule has 0 saturated carbocycles. The van der Waals surface area contributed by atoms with Crippen LogP contribution in [0.4, 0.5) is 5.69 Å². The van der Waals surface area contributed by atoms with Gasteiger partial charge in [0.15, 0.2) is 0 Å². The predicted molar refractivity (Wildman–Crippen MR) is 181 cm³/mol. The summed E-state index contributed by atoms with van der Waals surface area (Å²) >= 11 is 19.5. The Hall–Kier alpha value is -3.45. The van der Waals surface area contributed by atoms with E-state index >= 15 is 0 Å². The van der Waals surface area contributed by atoms with Crippen LogP contribution in [0, 0.1) is 0 Å². The summed E-state index contributed by atoms with van der Waals surface area (Å²) in [5.41, 5.74) is 2.58. The number of anilines is 1. The molecule has 2 heterocycles. The lowest BCUT2D eigenvalue weighted by Crippen LogP contribution is -2.38. The third-order valence-corrected chi connectivity index (χ3v) is 9.06. The number of nitrogens with zero attached hydrogens (tertiary/aromatic N) is 2. The number of benzene rings is 3. The smallest absolute Gasteiger partial charge is 0.335 e. The molecular weight excluding hydrogens is 657 g/mol. The number of thioether (sulfide) groups is 1. The van der Waals surface area contributed by atoms with Gasteiger partial charge in [0.1, 0.15) is 16.7 Å². The van der Waals surface area contributed by atoms with Crippen LogP contribution in [-0.2, 0) is 14.3 Å². The van der Waals surface area contributed by atoms with Crippen LogP contribution in [0.2, 0.25) is 10.0 Å². The highest BCUT2D eigenvalue weighted by Crippen LogP contribution is 2.39. The molecule has 234 valence electrons. The second-order valence-electron chi connectivity index (χ2n) is 10.2. The number of carbonyl (C=O) groups excluding carboxylic acids is 2. The molecule has 0 atom stereocenters. The number of thiocarbonyl (C=S) groups is 1. The second kappa shape index (κ2) is 15.2. The molecule has 0 aliphatic carbocycles. The lowest BCUT2D eigenvalue weighted by atomic mass is 10.0. The molecule has 0 spiro atoms. The zero-order valence-corrected chi connectivity index (χ0v) is 27.1. The maximum Gasteiger partial charge on any atom is 0.335 e. The number of carbonyl (C=O) groups is 3. The van der Waals surface area contributed by atoms with Crippen molar-refractivity contribution in [3.8, 4) is 16.9 Å². The summed E-state index contributed by atoms with van der Waals surface area (Å²) in [5.74, 6) is -1.14. The molecule has 3 aromatic carbocycles. The van der Waals surface area contributed by atoms with Crippen LogP contribution in [0.3, 0.4) is 0 Å². The Labute approximate surface area is 280 Å². The Morgan fingerprint density at radius 1 is 1.04 bits per heavy atom. The predicted octanol–water partition coefficient (Wildman–Crippen LogP) is 6.30. The molecule has 0 unspecified atom stereocenters. The van der Waals surface area contributed by atoms with Crippen molar-refractivity contribution in [2.75, 3.05) is 51.3 Å². The van der Waals surface area contributed by atoms with Crippen molar-refractivity contribution < 1.29 is 29.0 Å². The van der Waals surface area contributed by atoms with Crippen molar-refractivity contribution in [1.29, 1.82) is 0 Å². The van der Waals surface area contributed by atoms with Gasteiger partial charge in [-0.2, -0.15) is 0 Å². The number of ether oxygens (including phenoxy) is 2. The maximum atomic E-state index is 13.3. The van der Waals surface area contributed by atoms with Gasteiger partial charge in [-0.05, 0) is 60.2 Å². The lowest BCUT2D eigenvalue weighted by molar-refractivity contribution is -0.122. The summed E-state index contributed by atoms with van der Waals surface area (Å²) in [4.78, 5) is 41.1. The first kappa shape index (κ1) is 32.9. The fourth-order valence-corrected chi connectivity index (χ4v) is 6.50. The van der Waals surface area contributed by atoms with Crippen LogP contribution in [0.5, 0.6) is 5.75 Å². The van der Waals surface area contributed by atoms with Gasteiger partial charge in [-0.3, -0.25) is 19.4 Å². The first-order chi connectivity index (χ1) is 21.7. The van der Waals surface area contributed by atoms with E-state index in [1.807, 2.05) is 18.2 Å². The highest BCUT2D eigenvalue weighted by atomic mass is 35.5. The van der Waals surface area contributed by atoms with E-state index in [0.29, 0.717) is 56.1 Å². The Morgan fingerprint density at radius 3 is 2.62 bits per heavy atom. The number of hydrogen-bond donors (Lipinski definition) is 2. The molecule has 45 heavy (non-hydrogen) atoms. The van der Waals surface area contributed by atoms with Gasteiger partial charge in [-0.1, -0.05) is 59.3 Å². The highest BCUT2D eigenvalue weighted by Gasteiger charge is 2.32. The van der Waals surface area contributed by atoms with Crippen LogP contribution >= 0.6 is 47.2 Å². The van der Waals surface area contributed by atoms with Crippen LogP contribution in [-0.4, -0.2) is 83.0 Å². The third kappa shape index (κ3) is 8.63. The summed E-state index contributed by atoms with van der Waals surface area (Å²) in [6, 6.07) is 16.8. The molecule has 2 fully saturated rings. The fourth-order valence-electron chi connectivity index (χ4n) is 4.80.